The first kappa shape index (κ1) is 14.8. The Morgan fingerprint density at radius 1 is 1.40 bits per heavy atom. The average Bonchev–Trinajstić information content (AvgIpc) is 2.80. The van der Waals surface area contributed by atoms with E-state index in [9.17, 15) is 4.79 Å². The highest BCUT2D eigenvalue weighted by atomic mass is 16.5. The Kier molecular flexibility index (Phi) is 4.98. The summed E-state index contributed by atoms with van der Waals surface area (Å²) in [6.07, 6.45) is 0.791. The van der Waals surface area contributed by atoms with E-state index in [1.54, 1.807) is 14.2 Å². The van der Waals surface area contributed by atoms with Crippen molar-refractivity contribution in [3.63, 3.8) is 0 Å². The summed E-state index contributed by atoms with van der Waals surface area (Å²) in [6, 6.07) is 6.02. The minimum atomic E-state index is -0.0519. The van der Waals surface area contributed by atoms with Crippen molar-refractivity contribution in [3.05, 3.63) is 29.3 Å². The van der Waals surface area contributed by atoms with E-state index in [0.717, 1.165) is 23.3 Å². The SMILES string of the molecule is COCCCN1C(=O)CNC1c1ccc(OC)c(C)c1. The van der Waals surface area contributed by atoms with Crippen molar-refractivity contribution in [1.29, 1.82) is 0 Å². The average molecular weight is 278 g/mol. The Morgan fingerprint density at radius 2 is 2.20 bits per heavy atom. The van der Waals surface area contributed by atoms with Crippen molar-refractivity contribution in [2.75, 3.05) is 33.9 Å². The van der Waals surface area contributed by atoms with Gasteiger partial charge in [-0.15, -0.1) is 0 Å². The second kappa shape index (κ2) is 6.72. The zero-order chi connectivity index (χ0) is 14.5. The number of rotatable bonds is 6. The number of amides is 1. The fourth-order valence-electron chi connectivity index (χ4n) is 2.54. The van der Waals surface area contributed by atoms with Crippen LogP contribution in [0.15, 0.2) is 18.2 Å². The molecule has 0 bridgehead atoms. The molecule has 1 aromatic rings. The summed E-state index contributed by atoms with van der Waals surface area (Å²) in [5.41, 5.74) is 2.16. The lowest BCUT2D eigenvalue weighted by molar-refractivity contribution is -0.128. The number of aryl methyl sites for hydroxylation is 1. The van der Waals surface area contributed by atoms with Crippen LogP contribution in [0.25, 0.3) is 0 Å². The maximum atomic E-state index is 12.0. The van der Waals surface area contributed by atoms with Crippen LogP contribution in [0, 0.1) is 6.92 Å². The second-order valence-corrected chi connectivity index (χ2v) is 4.95. The Balaban J connectivity index is 2.13. The number of methoxy groups -OCH3 is 2. The molecule has 5 heteroatoms. The first-order chi connectivity index (χ1) is 9.67. The zero-order valence-corrected chi connectivity index (χ0v) is 12.3. The summed E-state index contributed by atoms with van der Waals surface area (Å²) < 4.78 is 10.3. The first-order valence-electron chi connectivity index (χ1n) is 6.83. The summed E-state index contributed by atoms with van der Waals surface area (Å²) >= 11 is 0. The molecule has 2 rings (SSSR count). The molecule has 1 aliphatic heterocycles. The fraction of sp³-hybridized carbons (Fsp3) is 0.533. The normalized spacial score (nSPS) is 18.6. The third-order valence-corrected chi connectivity index (χ3v) is 3.56. The predicted molar refractivity (Wildman–Crippen MR) is 76.7 cm³/mol. The molecule has 1 amide bonds. The molecule has 20 heavy (non-hydrogen) atoms. The lowest BCUT2D eigenvalue weighted by atomic mass is 10.1. The fourth-order valence-corrected chi connectivity index (χ4v) is 2.54. The van der Waals surface area contributed by atoms with Crippen LogP contribution in [0.1, 0.15) is 23.7 Å². The molecule has 1 aliphatic rings. The minimum Gasteiger partial charge on any atom is -0.496 e. The monoisotopic (exact) mass is 278 g/mol. The van der Waals surface area contributed by atoms with Crippen molar-refractivity contribution >= 4 is 5.91 Å². The Hall–Kier alpha value is -1.59. The number of nitrogens with zero attached hydrogens (tertiary/aromatic N) is 1. The van der Waals surface area contributed by atoms with Gasteiger partial charge in [0.1, 0.15) is 11.9 Å². The molecule has 1 saturated heterocycles. The molecular formula is C15H22N2O3. The molecule has 110 valence electrons. The molecule has 1 unspecified atom stereocenters. The molecular weight excluding hydrogens is 256 g/mol. The third kappa shape index (κ3) is 3.11. The van der Waals surface area contributed by atoms with E-state index in [-0.39, 0.29) is 12.1 Å². The molecule has 1 aromatic carbocycles. The smallest absolute Gasteiger partial charge is 0.238 e. The third-order valence-electron chi connectivity index (χ3n) is 3.56. The molecule has 1 N–H and O–H groups in total. The number of ether oxygens (including phenoxy) is 2. The van der Waals surface area contributed by atoms with Crippen molar-refractivity contribution in [3.8, 4) is 5.75 Å². The highest BCUT2D eigenvalue weighted by Gasteiger charge is 2.31. The molecule has 5 nitrogen and oxygen atoms in total. The van der Waals surface area contributed by atoms with Gasteiger partial charge in [0.05, 0.1) is 13.7 Å². The number of benzene rings is 1. The van der Waals surface area contributed by atoms with Crippen LogP contribution in [0.4, 0.5) is 0 Å². The van der Waals surface area contributed by atoms with Gasteiger partial charge in [0.25, 0.3) is 0 Å². The summed E-state index contributed by atoms with van der Waals surface area (Å²) in [5.74, 6) is 1.00. The van der Waals surface area contributed by atoms with E-state index in [4.69, 9.17) is 9.47 Å². The van der Waals surface area contributed by atoms with Gasteiger partial charge in [-0.25, -0.2) is 0 Å². The summed E-state index contributed by atoms with van der Waals surface area (Å²) in [7, 11) is 3.34. The van der Waals surface area contributed by atoms with Gasteiger partial charge < -0.3 is 14.4 Å². The van der Waals surface area contributed by atoms with Gasteiger partial charge in [0, 0.05) is 20.3 Å². The highest BCUT2D eigenvalue weighted by molar-refractivity contribution is 5.81. The quantitative estimate of drug-likeness (QED) is 0.801. The van der Waals surface area contributed by atoms with Gasteiger partial charge in [-0.1, -0.05) is 6.07 Å². The maximum Gasteiger partial charge on any atom is 0.238 e. The van der Waals surface area contributed by atoms with Crippen molar-refractivity contribution in [2.45, 2.75) is 19.5 Å². The molecule has 1 atom stereocenters. The Labute approximate surface area is 119 Å². The highest BCUT2D eigenvalue weighted by Crippen LogP contribution is 2.27. The largest absolute Gasteiger partial charge is 0.496 e. The van der Waals surface area contributed by atoms with Gasteiger partial charge >= 0.3 is 0 Å². The van der Waals surface area contributed by atoms with Gasteiger partial charge in [-0.3, -0.25) is 10.1 Å². The van der Waals surface area contributed by atoms with E-state index in [0.29, 0.717) is 19.7 Å². The molecule has 0 spiro atoms. The Bertz CT molecular complexity index is 476. The molecule has 0 aliphatic carbocycles. The molecule has 0 radical (unpaired) electrons. The van der Waals surface area contributed by atoms with Crippen LogP contribution >= 0.6 is 0 Å². The minimum absolute atomic E-state index is 0.0519. The maximum absolute atomic E-state index is 12.0. The van der Waals surface area contributed by atoms with Crippen LogP contribution in [-0.2, 0) is 9.53 Å². The van der Waals surface area contributed by atoms with Gasteiger partial charge in [0.15, 0.2) is 0 Å². The van der Waals surface area contributed by atoms with E-state index >= 15 is 0 Å². The van der Waals surface area contributed by atoms with Crippen LogP contribution in [0.5, 0.6) is 5.75 Å². The van der Waals surface area contributed by atoms with Crippen LogP contribution in [0.3, 0.4) is 0 Å². The zero-order valence-electron chi connectivity index (χ0n) is 12.3. The van der Waals surface area contributed by atoms with Gasteiger partial charge in [0.2, 0.25) is 5.91 Å². The van der Waals surface area contributed by atoms with Crippen molar-refractivity contribution < 1.29 is 14.3 Å². The summed E-state index contributed by atoms with van der Waals surface area (Å²) in [6.45, 7) is 3.77. The number of hydrogen-bond donors (Lipinski definition) is 1. The van der Waals surface area contributed by atoms with Gasteiger partial charge in [-0.2, -0.15) is 0 Å². The van der Waals surface area contributed by atoms with Crippen LogP contribution in [0.2, 0.25) is 0 Å². The number of carbonyl (C=O) groups excluding carboxylic acids is 1. The summed E-state index contributed by atoms with van der Waals surface area (Å²) in [5, 5.41) is 3.26. The van der Waals surface area contributed by atoms with Crippen LogP contribution < -0.4 is 10.1 Å². The first-order valence-corrected chi connectivity index (χ1v) is 6.83. The van der Waals surface area contributed by atoms with E-state index in [1.165, 1.54) is 0 Å². The molecule has 0 aromatic heterocycles. The topological polar surface area (TPSA) is 50.8 Å². The number of nitrogens with one attached hydrogen (secondary N) is 1. The van der Waals surface area contributed by atoms with Crippen molar-refractivity contribution in [2.24, 2.45) is 0 Å². The molecule has 1 heterocycles. The predicted octanol–water partition coefficient (Wildman–Crippen LogP) is 1.47. The number of hydrogen-bond acceptors (Lipinski definition) is 4. The lowest BCUT2D eigenvalue weighted by Gasteiger charge is -2.25. The Morgan fingerprint density at radius 3 is 2.85 bits per heavy atom. The number of carbonyl (C=O) groups is 1. The van der Waals surface area contributed by atoms with Crippen LogP contribution in [-0.4, -0.2) is 44.7 Å². The second-order valence-electron chi connectivity index (χ2n) is 4.95. The summed E-state index contributed by atoms with van der Waals surface area (Å²) in [4.78, 5) is 13.8. The van der Waals surface area contributed by atoms with E-state index < -0.39 is 0 Å². The van der Waals surface area contributed by atoms with E-state index in [2.05, 4.69) is 11.4 Å². The standard InChI is InChI=1S/C15H22N2O3/c1-11-9-12(5-6-13(11)20-3)15-16-10-14(18)17(15)7-4-8-19-2/h5-6,9,15-16H,4,7-8,10H2,1-3H3. The van der Waals surface area contributed by atoms with Crippen molar-refractivity contribution in [1.82, 2.24) is 10.2 Å². The molecule has 1 fully saturated rings. The van der Waals surface area contributed by atoms with Gasteiger partial charge in [-0.05, 0) is 36.6 Å². The lowest BCUT2D eigenvalue weighted by Crippen LogP contribution is -2.31. The van der Waals surface area contributed by atoms with E-state index in [1.807, 2.05) is 24.0 Å². The molecule has 0 saturated carbocycles.